The van der Waals surface area contributed by atoms with Gasteiger partial charge < -0.3 is 10.6 Å². The fraction of sp³-hybridized carbons (Fsp3) is 0.526. The summed E-state index contributed by atoms with van der Waals surface area (Å²) in [7, 11) is 0. The van der Waals surface area contributed by atoms with Crippen molar-refractivity contribution in [1.29, 1.82) is 0 Å². The monoisotopic (exact) mass is 343 g/mol. The Hall–Kier alpha value is -2.21. The number of nitrogens with zero attached hydrogens (tertiary/aromatic N) is 1. The Balaban J connectivity index is 1.65. The minimum Gasteiger partial charge on any atom is -0.326 e. The van der Waals surface area contributed by atoms with Gasteiger partial charge in [0.25, 0.3) is 5.91 Å². The van der Waals surface area contributed by atoms with E-state index in [0.29, 0.717) is 17.4 Å². The van der Waals surface area contributed by atoms with Crippen molar-refractivity contribution in [3.63, 3.8) is 0 Å². The summed E-state index contributed by atoms with van der Waals surface area (Å²) in [5.74, 6) is 0.222. The summed E-state index contributed by atoms with van der Waals surface area (Å²) in [5.41, 5.74) is 1.19. The van der Waals surface area contributed by atoms with Crippen molar-refractivity contribution in [3.05, 3.63) is 24.3 Å². The number of rotatable bonds is 4. The second-order valence-corrected chi connectivity index (χ2v) is 7.18. The normalized spacial score (nSPS) is 26.8. The van der Waals surface area contributed by atoms with Crippen LogP contribution in [0, 0.1) is 5.92 Å². The molecule has 1 saturated carbocycles. The summed E-state index contributed by atoms with van der Waals surface area (Å²) in [6.45, 7) is 3.69. The van der Waals surface area contributed by atoms with E-state index < -0.39 is 6.04 Å². The van der Waals surface area contributed by atoms with Crippen LogP contribution in [-0.4, -0.2) is 29.8 Å². The lowest BCUT2D eigenvalue weighted by Gasteiger charge is -2.28. The average Bonchev–Trinajstić information content (AvgIpc) is 2.84. The fourth-order valence-corrected chi connectivity index (χ4v) is 3.64. The first-order chi connectivity index (χ1) is 11.9. The molecule has 1 aliphatic carbocycles. The highest BCUT2D eigenvalue weighted by molar-refractivity contribution is 6.22. The number of imide groups is 1. The van der Waals surface area contributed by atoms with Crippen LogP contribution < -0.4 is 15.5 Å². The van der Waals surface area contributed by atoms with E-state index in [9.17, 15) is 14.4 Å². The molecule has 1 atom stereocenters. The molecule has 3 rings (SSSR count). The predicted molar refractivity (Wildman–Crippen MR) is 96.2 cm³/mol. The molecule has 0 bridgehead atoms. The van der Waals surface area contributed by atoms with Gasteiger partial charge in [0, 0.05) is 18.7 Å². The Labute approximate surface area is 148 Å². The highest BCUT2D eigenvalue weighted by Gasteiger charge is 2.40. The minimum atomic E-state index is -0.430. The van der Waals surface area contributed by atoms with Crippen LogP contribution in [0.2, 0.25) is 0 Å². The summed E-state index contributed by atoms with van der Waals surface area (Å²) in [6, 6.07) is 6.65. The lowest BCUT2D eigenvalue weighted by Crippen LogP contribution is -2.45. The Morgan fingerprint density at radius 1 is 1.08 bits per heavy atom. The number of carbonyl (C=O) groups is 3. The summed E-state index contributed by atoms with van der Waals surface area (Å²) in [5, 5.41) is 6.06. The topological polar surface area (TPSA) is 78.5 Å². The van der Waals surface area contributed by atoms with Crippen LogP contribution in [0.1, 0.15) is 46.0 Å². The van der Waals surface area contributed by atoms with E-state index in [1.165, 1.54) is 24.7 Å². The number of hydrogen-bond acceptors (Lipinski definition) is 4. The number of anilines is 2. The maximum absolute atomic E-state index is 12.7. The number of nitrogens with one attached hydrogen (secondary N) is 2. The van der Waals surface area contributed by atoms with E-state index >= 15 is 0 Å². The van der Waals surface area contributed by atoms with Gasteiger partial charge in [0.15, 0.2) is 0 Å². The van der Waals surface area contributed by atoms with Gasteiger partial charge >= 0.3 is 0 Å². The van der Waals surface area contributed by atoms with E-state index in [0.717, 1.165) is 18.8 Å². The number of benzene rings is 1. The van der Waals surface area contributed by atoms with Crippen molar-refractivity contribution in [3.8, 4) is 0 Å². The summed E-state index contributed by atoms with van der Waals surface area (Å²) < 4.78 is 0. The zero-order chi connectivity index (χ0) is 18.0. The molecule has 1 aromatic rings. The SMILES string of the molecule is CC(=O)Nc1ccc(N2C(=O)C[C@@H](NC3CCC(C)CC3)C2=O)cc1. The van der Waals surface area contributed by atoms with E-state index in [1.807, 2.05) is 0 Å². The minimum absolute atomic E-state index is 0.160. The molecule has 1 saturated heterocycles. The first kappa shape index (κ1) is 17.6. The predicted octanol–water partition coefficient (Wildman–Crippen LogP) is 2.45. The third-order valence-corrected chi connectivity index (χ3v) is 5.05. The second-order valence-electron chi connectivity index (χ2n) is 7.18. The molecule has 2 aliphatic rings. The summed E-state index contributed by atoms with van der Waals surface area (Å²) in [6.07, 6.45) is 4.66. The quantitative estimate of drug-likeness (QED) is 0.823. The molecule has 1 aromatic carbocycles. The van der Waals surface area contributed by atoms with Gasteiger partial charge in [-0.05, 0) is 55.9 Å². The van der Waals surface area contributed by atoms with Crippen LogP contribution in [0.25, 0.3) is 0 Å². The first-order valence-corrected chi connectivity index (χ1v) is 8.94. The van der Waals surface area contributed by atoms with Gasteiger partial charge in [-0.3, -0.25) is 14.4 Å². The van der Waals surface area contributed by atoms with Crippen molar-refractivity contribution in [1.82, 2.24) is 5.32 Å². The van der Waals surface area contributed by atoms with Crippen LogP contribution in [0.5, 0.6) is 0 Å². The van der Waals surface area contributed by atoms with E-state index in [1.54, 1.807) is 24.3 Å². The third-order valence-electron chi connectivity index (χ3n) is 5.05. The fourth-order valence-electron chi connectivity index (χ4n) is 3.64. The molecule has 3 amide bonds. The van der Waals surface area contributed by atoms with Gasteiger partial charge in [-0.1, -0.05) is 6.92 Å². The zero-order valence-electron chi connectivity index (χ0n) is 14.7. The molecule has 6 heteroatoms. The molecule has 134 valence electrons. The smallest absolute Gasteiger partial charge is 0.251 e. The van der Waals surface area contributed by atoms with Crippen molar-refractivity contribution >= 4 is 29.1 Å². The standard InChI is InChI=1S/C19H25N3O3/c1-12-3-5-15(6-4-12)21-17-11-18(24)22(19(17)25)16-9-7-14(8-10-16)20-13(2)23/h7-10,12,15,17,21H,3-6,11H2,1-2H3,(H,20,23)/t12?,15?,17-/m1/s1. The highest BCUT2D eigenvalue weighted by atomic mass is 16.2. The Kier molecular flexibility index (Phi) is 5.18. The summed E-state index contributed by atoms with van der Waals surface area (Å²) in [4.78, 5) is 37.4. The molecule has 0 aromatic heterocycles. The van der Waals surface area contributed by atoms with Gasteiger partial charge in [0.2, 0.25) is 11.8 Å². The number of hydrogen-bond donors (Lipinski definition) is 2. The zero-order valence-corrected chi connectivity index (χ0v) is 14.7. The molecular weight excluding hydrogens is 318 g/mol. The Bertz CT molecular complexity index is 663. The first-order valence-electron chi connectivity index (χ1n) is 8.94. The number of carbonyl (C=O) groups excluding carboxylic acids is 3. The van der Waals surface area contributed by atoms with E-state index in [2.05, 4.69) is 17.6 Å². The molecule has 2 fully saturated rings. The van der Waals surface area contributed by atoms with Gasteiger partial charge in [-0.2, -0.15) is 0 Å². The third kappa shape index (κ3) is 4.07. The molecule has 25 heavy (non-hydrogen) atoms. The van der Waals surface area contributed by atoms with Gasteiger partial charge in [0.05, 0.1) is 18.2 Å². The Morgan fingerprint density at radius 2 is 1.72 bits per heavy atom. The molecule has 0 spiro atoms. The molecule has 1 heterocycles. The highest BCUT2D eigenvalue weighted by Crippen LogP contribution is 2.27. The van der Waals surface area contributed by atoms with Crippen molar-refractivity contribution in [2.24, 2.45) is 5.92 Å². The lowest BCUT2D eigenvalue weighted by molar-refractivity contribution is -0.122. The second kappa shape index (κ2) is 7.35. The maximum Gasteiger partial charge on any atom is 0.251 e. The van der Waals surface area contributed by atoms with Crippen LogP contribution in [0.15, 0.2) is 24.3 Å². The van der Waals surface area contributed by atoms with Gasteiger partial charge in [0.1, 0.15) is 0 Å². The molecule has 6 nitrogen and oxygen atoms in total. The molecule has 0 radical (unpaired) electrons. The van der Waals surface area contributed by atoms with Crippen molar-refractivity contribution < 1.29 is 14.4 Å². The largest absolute Gasteiger partial charge is 0.326 e. The Morgan fingerprint density at radius 3 is 2.32 bits per heavy atom. The van der Waals surface area contributed by atoms with Gasteiger partial charge in [-0.15, -0.1) is 0 Å². The van der Waals surface area contributed by atoms with Crippen molar-refractivity contribution in [2.75, 3.05) is 10.2 Å². The van der Waals surface area contributed by atoms with Gasteiger partial charge in [-0.25, -0.2) is 4.90 Å². The average molecular weight is 343 g/mol. The van der Waals surface area contributed by atoms with Crippen LogP contribution in [0.3, 0.4) is 0 Å². The summed E-state index contributed by atoms with van der Waals surface area (Å²) >= 11 is 0. The molecule has 0 unspecified atom stereocenters. The molecule has 2 N–H and O–H groups in total. The lowest BCUT2D eigenvalue weighted by atomic mass is 9.87. The van der Waals surface area contributed by atoms with Crippen molar-refractivity contribution in [2.45, 2.75) is 58.0 Å². The maximum atomic E-state index is 12.7. The van der Waals surface area contributed by atoms with Crippen LogP contribution in [0.4, 0.5) is 11.4 Å². The number of amides is 3. The van der Waals surface area contributed by atoms with Crippen LogP contribution >= 0.6 is 0 Å². The van der Waals surface area contributed by atoms with E-state index in [-0.39, 0.29) is 24.1 Å². The molecular formula is C19H25N3O3. The molecule has 1 aliphatic heterocycles. The van der Waals surface area contributed by atoms with Crippen LogP contribution in [-0.2, 0) is 14.4 Å². The van der Waals surface area contributed by atoms with E-state index in [4.69, 9.17) is 0 Å².